The average molecular weight is 355 g/mol. The van der Waals surface area contributed by atoms with E-state index >= 15 is 0 Å². The first-order chi connectivity index (χ1) is 11.8. The fourth-order valence-electron chi connectivity index (χ4n) is 2.11. The lowest BCUT2D eigenvalue weighted by Gasteiger charge is -2.02. The maximum atomic E-state index is 5.76. The lowest BCUT2D eigenvalue weighted by Crippen LogP contribution is -1.94. The molecule has 0 fully saturated rings. The van der Waals surface area contributed by atoms with Gasteiger partial charge in [0.05, 0.1) is 15.8 Å². The van der Waals surface area contributed by atoms with Gasteiger partial charge < -0.3 is 4.42 Å². The Balaban J connectivity index is 1.49. The molecule has 0 bridgehead atoms. The zero-order valence-electron chi connectivity index (χ0n) is 12.7. The second-order valence-electron chi connectivity index (χ2n) is 4.99. The zero-order chi connectivity index (χ0) is 16.4. The number of para-hydroxylation sites is 1. The van der Waals surface area contributed by atoms with Crippen LogP contribution in [-0.4, -0.2) is 25.0 Å². The first-order valence-corrected chi connectivity index (χ1v) is 9.06. The summed E-state index contributed by atoms with van der Waals surface area (Å²) in [6.07, 6.45) is 1.70. The van der Waals surface area contributed by atoms with E-state index in [4.69, 9.17) is 4.42 Å². The van der Waals surface area contributed by atoms with Crippen molar-refractivity contribution < 1.29 is 4.42 Å². The van der Waals surface area contributed by atoms with Crippen molar-refractivity contribution in [1.29, 1.82) is 0 Å². The third-order valence-electron chi connectivity index (χ3n) is 3.29. The summed E-state index contributed by atoms with van der Waals surface area (Å²) in [5, 5.41) is 15.4. The van der Waals surface area contributed by atoms with E-state index < -0.39 is 0 Å². The molecule has 0 aliphatic heterocycles. The molecule has 0 saturated carbocycles. The van der Waals surface area contributed by atoms with Crippen molar-refractivity contribution in [3.05, 3.63) is 60.1 Å². The predicted octanol–water partition coefficient (Wildman–Crippen LogP) is 4.23. The highest BCUT2D eigenvalue weighted by Gasteiger charge is 2.18. The number of hydrogen-bond acceptors (Lipinski definition) is 7. The normalized spacial score (nSPS) is 12.4. The molecular formula is C16H13N5OS2. The first kappa shape index (κ1) is 15.1. The van der Waals surface area contributed by atoms with Crippen LogP contribution in [0.3, 0.4) is 0 Å². The maximum Gasteiger partial charge on any atom is 0.257 e. The number of thiophene rings is 1. The molecule has 0 aliphatic rings. The monoisotopic (exact) mass is 355 g/mol. The van der Waals surface area contributed by atoms with Gasteiger partial charge in [-0.2, -0.15) is 0 Å². The van der Waals surface area contributed by atoms with E-state index in [1.165, 1.54) is 11.8 Å². The van der Waals surface area contributed by atoms with Crippen molar-refractivity contribution in [2.24, 2.45) is 0 Å². The van der Waals surface area contributed by atoms with Gasteiger partial charge in [0.1, 0.15) is 6.33 Å². The lowest BCUT2D eigenvalue weighted by atomic mass is 10.3. The quantitative estimate of drug-likeness (QED) is 0.499. The standard InChI is InChI=1S/C16H13N5OS2/c1-11(14-18-19-15(22-14)13-8-5-9-23-13)24-16-17-10-21(20-16)12-6-3-2-4-7-12/h2-11H,1H3. The third kappa shape index (κ3) is 3.10. The van der Waals surface area contributed by atoms with E-state index in [9.17, 15) is 0 Å². The summed E-state index contributed by atoms with van der Waals surface area (Å²) >= 11 is 3.06. The average Bonchev–Trinajstić information content (AvgIpc) is 3.36. The highest BCUT2D eigenvalue weighted by molar-refractivity contribution is 7.99. The highest BCUT2D eigenvalue weighted by Crippen LogP contribution is 2.34. The van der Waals surface area contributed by atoms with Crippen LogP contribution in [0, 0.1) is 0 Å². The van der Waals surface area contributed by atoms with Gasteiger partial charge in [-0.3, -0.25) is 0 Å². The van der Waals surface area contributed by atoms with E-state index in [0.717, 1.165) is 10.6 Å². The van der Waals surface area contributed by atoms with Gasteiger partial charge in [-0.05, 0) is 30.5 Å². The second kappa shape index (κ2) is 6.58. The van der Waals surface area contributed by atoms with Crippen molar-refractivity contribution in [3.8, 4) is 16.5 Å². The molecule has 0 saturated heterocycles. The fraction of sp³-hybridized carbons (Fsp3) is 0.125. The Kier molecular flexibility index (Phi) is 4.14. The van der Waals surface area contributed by atoms with E-state index in [1.54, 1.807) is 22.3 Å². The molecule has 3 aromatic heterocycles. The van der Waals surface area contributed by atoms with Crippen molar-refractivity contribution in [3.63, 3.8) is 0 Å². The number of nitrogens with zero attached hydrogens (tertiary/aromatic N) is 5. The predicted molar refractivity (Wildman–Crippen MR) is 93.2 cm³/mol. The Morgan fingerprint density at radius 1 is 1.12 bits per heavy atom. The number of hydrogen-bond donors (Lipinski definition) is 0. The van der Waals surface area contributed by atoms with Crippen LogP contribution in [-0.2, 0) is 0 Å². The summed E-state index contributed by atoms with van der Waals surface area (Å²) in [6.45, 7) is 2.00. The van der Waals surface area contributed by atoms with Crippen molar-refractivity contribution in [2.45, 2.75) is 17.3 Å². The third-order valence-corrected chi connectivity index (χ3v) is 5.11. The van der Waals surface area contributed by atoms with E-state index in [1.807, 2.05) is 54.8 Å². The van der Waals surface area contributed by atoms with Crippen LogP contribution >= 0.6 is 23.1 Å². The maximum absolute atomic E-state index is 5.76. The number of benzene rings is 1. The number of rotatable bonds is 5. The molecule has 0 N–H and O–H groups in total. The summed E-state index contributed by atoms with van der Waals surface area (Å²) in [7, 11) is 0. The summed E-state index contributed by atoms with van der Waals surface area (Å²) < 4.78 is 7.51. The van der Waals surface area contributed by atoms with E-state index in [0.29, 0.717) is 16.9 Å². The van der Waals surface area contributed by atoms with E-state index in [-0.39, 0.29) is 5.25 Å². The molecule has 8 heteroatoms. The molecule has 6 nitrogen and oxygen atoms in total. The molecule has 1 atom stereocenters. The molecule has 120 valence electrons. The first-order valence-electron chi connectivity index (χ1n) is 7.30. The molecule has 3 heterocycles. The molecule has 24 heavy (non-hydrogen) atoms. The smallest absolute Gasteiger partial charge is 0.257 e. The van der Waals surface area contributed by atoms with Crippen molar-refractivity contribution in [1.82, 2.24) is 25.0 Å². The molecule has 1 aromatic carbocycles. The SMILES string of the molecule is CC(Sc1ncn(-c2ccccc2)n1)c1nnc(-c2cccs2)o1. The topological polar surface area (TPSA) is 69.6 Å². The molecule has 0 aliphatic carbocycles. The second-order valence-corrected chi connectivity index (χ2v) is 7.25. The van der Waals surface area contributed by atoms with Gasteiger partial charge >= 0.3 is 0 Å². The Morgan fingerprint density at radius 2 is 2.00 bits per heavy atom. The van der Waals surface area contributed by atoms with Crippen molar-refractivity contribution in [2.75, 3.05) is 0 Å². The van der Waals surface area contributed by atoms with Gasteiger partial charge in [0.15, 0.2) is 0 Å². The van der Waals surface area contributed by atoms with Gasteiger partial charge in [0.2, 0.25) is 11.0 Å². The Bertz CT molecular complexity index is 917. The van der Waals surface area contributed by atoms with Crippen LogP contribution < -0.4 is 0 Å². The van der Waals surface area contributed by atoms with Gasteiger partial charge in [0, 0.05) is 0 Å². The highest BCUT2D eigenvalue weighted by atomic mass is 32.2. The minimum atomic E-state index is -0.0298. The molecular weight excluding hydrogens is 342 g/mol. The Labute approximate surface area is 146 Å². The largest absolute Gasteiger partial charge is 0.419 e. The van der Waals surface area contributed by atoms with Crippen LogP contribution in [0.15, 0.2) is 63.7 Å². The molecule has 4 aromatic rings. The molecule has 0 spiro atoms. The zero-order valence-corrected chi connectivity index (χ0v) is 14.4. The summed E-state index contributed by atoms with van der Waals surface area (Å²) in [5.41, 5.74) is 0.974. The van der Waals surface area contributed by atoms with Crippen LogP contribution in [0.25, 0.3) is 16.5 Å². The summed E-state index contributed by atoms with van der Waals surface area (Å²) in [6, 6.07) is 13.8. The fourth-order valence-corrected chi connectivity index (χ4v) is 3.51. The summed E-state index contributed by atoms with van der Waals surface area (Å²) in [5.74, 6) is 1.12. The Hall–Kier alpha value is -2.45. The van der Waals surface area contributed by atoms with Gasteiger partial charge in [-0.1, -0.05) is 36.0 Å². The minimum Gasteiger partial charge on any atom is -0.419 e. The summed E-state index contributed by atoms with van der Waals surface area (Å²) in [4.78, 5) is 5.31. The number of thioether (sulfide) groups is 1. The van der Waals surface area contributed by atoms with Crippen molar-refractivity contribution >= 4 is 23.1 Å². The van der Waals surface area contributed by atoms with Gasteiger partial charge in [0.25, 0.3) is 5.89 Å². The minimum absolute atomic E-state index is 0.0298. The van der Waals surface area contributed by atoms with Crippen LogP contribution in [0.4, 0.5) is 0 Å². The van der Waals surface area contributed by atoms with Crippen LogP contribution in [0.1, 0.15) is 18.1 Å². The number of aromatic nitrogens is 5. The van der Waals surface area contributed by atoms with Gasteiger partial charge in [-0.15, -0.1) is 26.6 Å². The molecule has 1 unspecified atom stereocenters. The lowest BCUT2D eigenvalue weighted by molar-refractivity contribution is 0.510. The van der Waals surface area contributed by atoms with Crippen LogP contribution in [0.2, 0.25) is 0 Å². The Morgan fingerprint density at radius 3 is 2.79 bits per heavy atom. The molecule has 0 amide bonds. The van der Waals surface area contributed by atoms with Crippen LogP contribution in [0.5, 0.6) is 0 Å². The molecule has 4 rings (SSSR count). The van der Waals surface area contributed by atoms with Gasteiger partial charge in [-0.25, -0.2) is 9.67 Å². The van der Waals surface area contributed by atoms with E-state index in [2.05, 4.69) is 20.3 Å². The molecule has 0 radical (unpaired) electrons.